The first-order valence-corrected chi connectivity index (χ1v) is 20.3. The van der Waals surface area contributed by atoms with Crippen molar-refractivity contribution in [3.63, 3.8) is 0 Å². The summed E-state index contributed by atoms with van der Waals surface area (Å²) in [5.41, 5.74) is 6.32. The molecule has 2 aliphatic carbocycles. The zero-order chi connectivity index (χ0) is 20.9. The average Bonchev–Trinajstić information content (AvgIpc) is 3.33. The number of benzene rings is 2. The first-order valence-electron chi connectivity index (χ1n) is 11.3. The predicted octanol–water partition coefficient (Wildman–Crippen LogP) is 7.55. The van der Waals surface area contributed by atoms with Crippen LogP contribution in [0.15, 0.2) is 101 Å². The molecule has 2 aromatic rings. The van der Waals surface area contributed by atoms with Gasteiger partial charge in [-0.3, -0.25) is 0 Å². The van der Waals surface area contributed by atoms with Gasteiger partial charge in [-0.25, -0.2) is 0 Å². The molecule has 2 heteroatoms. The molecule has 2 aromatic carbocycles. The molecule has 1 aliphatic heterocycles. The van der Waals surface area contributed by atoms with Crippen LogP contribution in [0.25, 0.3) is 0 Å². The van der Waals surface area contributed by atoms with Crippen LogP contribution < -0.4 is 0 Å². The van der Waals surface area contributed by atoms with E-state index in [4.69, 9.17) is 0 Å². The molecule has 0 atom stereocenters. The van der Waals surface area contributed by atoms with Crippen molar-refractivity contribution in [3.8, 4) is 0 Å². The molecule has 0 radical (unpaired) electrons. The zero-order valence-corrected chi connectivity index (χ0v) is 22.2. The second-order valence-electron chi connectivity index (χ2n) is 9.92. The van der Waals surface area contributed by atoms with Crippen LogP contribution in [0.4, 0.5) is 0 Å². The van der Waals surface area contributed by atoms with Gasteiger partial charge in [-0.2, -0.15) is 0 Å². The first-order chi connectivity index (χ1) is 14.4. The maximum absolute atomic E-state index is 2.93. The Hall–Kier alpha value is -1.50. The monoisotopic (exact) mass is 486 g/mol. The third kappa shape index (κ3) is 3.10. The van der Waals surface area contributed by atoms with Gasteiger partial charge in [0.1, 0.15) is 0 Å². The summed E-state index contributed by atoms with van der Waals surface area (Å²) >= 11 is -2.93. The van der Waals surface area contributed by atoms with Gasteiger partial charge in [0.2, 0.25) is 0 Å². The van der Waals surface area contributed by atoms with Crippen LogP contribution in [0.1, 0.15) is 37.8 Å². The summed E-state index contributed by atoms with van der Waals surface area (Å²) in [6, 6.07) is 22.8. The minimum absolute atomic E-state index is 1.23. The molecule has 0 aromatic heterocycles. The van der Waals surface area contributed by atoms with E-state index in [1.54, 1.807) is 22.3 Å². The van der Waals surface area contributed by atoms with E-state index < -0.39 is 28.3 Å². The van der Waals surface area contributed by atoms with Crippen LogP contribution in [0.3, 0.4) is 0 Å². The van der Waals surface area contributed by atoms with Crippen molar-refractivity contribution in [1.29, 1.82) is 0 Å². The average molecular weight is 488 g/mol. The molecule has 0 unspecified atom stereocenters. The summed E-state index contributed by atoms with van der Waals surface area (Å²) in [4.78, 5) is 0. The molecular formula is C28H32SiZr. The number of hydrogen-bond acceptors (Lipinski definition) is 0. The fraction of sp³-hybridized carbons (Fsp3) is 0.286. The molecular weight excluding hydrogens is 456 g/mol. The third-order valence-electron chi connectivity index (χ3n) is 7.72. The molecule has 0 saturated carbocycles. The molecule has 0 fully saturated rings. The third-order valence-corrected chi connectivity index (χ3v) is 25.7. The Labute approximate surface area is 187 Å². The van der Waals surface area contributed by atoms with E-state index >= 15 is 0 Å². The fourth-order valence-corrected chi connectivity index (χ4v) is 31.9. The van der Waals surface area contributed by atoms with Gasteiger partial charge >= 0.3 is 188 Å². The second-order valence-corrected chi connectivity index (χ2v) is 24.2. The van der Waals surface area contributed by atoms with Crippen molar-refractivity contribution in [2.75, 3.05) is 0 Å². The Morgan fingerprint density at radius 1 is 0.667 bits per heavy atom. The Balaban J connectivity index is 1.76. The summed E-state index contributed by atoms with van der Waals surface area (Å²) in [5.74, 6) is 0. The van der Waals surface area contributed by atoms with E-state index in [9.17, 15) is 0 Å². The van der Waals surface area contributed by atoms with Crippen molar-refractivity contribution in [2.45, 2.75) is 48.0 Å². The van der Waals surface area contributed by atoms with E-state index in [0.29, 0.717) is 0 Å². The van der Waals surface area contributed by atoms with Crippen molar-refractivity contribution < 1.29 is 20.3 Å². The van der Waals surface area contributed by atoms with Crippen molar-refractivity contribution in [1.82, 2.24) is 0 Å². The quantitative estimate of drug-likeness (QED) is 0.391. The van der Waals surface area contributed by atoms with E-state index in [1.807, 2.05) is 17.0 Å². The predicted molar refractivity (Wildman–Crippen MR) is 129 cm³/mol. The number of rotatable bonds is 4. The van der Waals surface area contributed by atoms with Gasteiger partial charge in [-0.15, -0.1) is 0 Å². The van der Waals surface area contributed by atoms with Crippen molar-refractivity contribution in [2.24, 2.45) is 0 Å². The van der Waals surface area contributed by atoms with Gasteiger partial charge in [-0.05, 0) is 0 Å². The minimum atomic E-state index is -2.93. The van der Waals surface area contributed by atoms with Gasteiger partial charge < -0.3 is 0 Å². The molecule has 0 bridgehead atoms. The van der Waals surface area contributed by atoms with Crippen LogP contribution in [-0.4, -0.2) is 8.07 Å². The zero-order valence-electron chi connectivity index (χ0n) is 18.8. The van der Waals surface area contributed by atoms with E-state index in [1.165, 1.54) is 21.1 Å². The molecule has 152 valence electrons. The molecule has 3 aliphatic rings. The summed E-state index contributed by atoms with van der Waals surface area (Å²) in [5, 5.41) is 3.69. The van der Waals surface area contributed by atoms with Crippen LogP contribution in [0, 0.1) is 0 Å². The van der Waals surface area contributed by atoms with Crippen LogP contribution >= 0.6 is 0 Å². The van der Waals surface area contributed by atoms with Gasteiger partial charge in [-0.1, -0.05) is 0 Å². The van der Waals surface area contributed by atoms with Gasteiger partial charge in [0.15, 0.2) is 0 Å². The van der Waals surface area contributed by atoms with E-state index in [0.717, 1.165) is 0 Å². The van der Waals surface area contributed by atoms with Gasteiger partial charge in [0.25, 0.3) is 0 Å². The van der Waals surface area contributed by atoms with Crippen LogP contribution in [-0.2, 0) is 28.5 Å². The summed E-state index contributed by atoms with van der Waals surface area (Å²) < 4.78 is 6.53. The topological polar surface area (TPSA) is 0 Å². The molecule has 0 spiro atoms. The number of hydrogen-bond donors (Lipinski definition) is 0. The standard InChI is InChI=1S/C14H18Si.2C7H7.Zr/c1-11-7-5-9-13(11)15(3,4)14-10-6-8-12(14)2;2*1-7-5-3-2-4-6-7;/h7-8H,5-6H2,1-4H3;2*2-6H,1H2;. The van der Waals surface area contributed by atoms with Crippen LogP contribution in [0.5, 0.6) is 0 Å². The Morgan fingerprint density at radius 3 is 1.47 bits per heavy atom. The normalized spacial score (nSPS) is 21.3. The first kappa shape index (κ1) is 20.4. The second kappa shape index (κ2) is 7.57. The van der Waals surface area contributed by atoms with E-state index in [2.05, 4.69) is 99.8 Å². The molecule has 0 amide bonds. The Morgan fingerprint density at radius 2 is 1.07 bits per heavy atom. The molecule has 30 heavy (non-hydrogen) atoms. The molecule has 0 nitrogen and oxygen atoms in total. The van der Waals surface area contributed by atoms with Gasteiger partial charge in [0, 0.05) is 0 Å². The van der Waals surface area contributed by atoms with Crippen molar-refractivity contribution >= 4 is 8.07 Å². The van der Waals surface area contributed by atoms with E-state index in [-0.39, 0.29) is 0 Å². The van der Waals surface area contributed by atoms with Gasteiger partial charge in [0.05, 0.1) is 0 Å². The molecule has 1 heterocycles. The van der Waals surface area contributed by atoms with Crippen molar-refractivity contribution in [3.05, 3.63) is 112 Å². The fourth-order valence-electron chi connectivity index (χ4n) is 6.69. The molecule has 0 saturated heterocycles. The van der Waals surface area contributed by atoms with Crippen LogP contribution in [0.2, 0.25) is 13.1 Å². The SMILES string of the molecule is CC1=CC[C]2=C1[Si](C)(C)C1=[C](CC=C1C)[Zr]2([CH2]c1ccccc1)[CH2]c1ccccc1. The summed E-state index contributed by atoms with van der Waals surface area (Å²) in [6.45, 7) is 10.1. The number of allylic oxidation sites excluding steroid dienone is 8. The Bertz CT molecular complexity index is 1020. The summed E-state index contributed by atoms with van der Waals surface area (Å²) in [7, 11) is -1.62. The molecule has 5 rings (SSSR count). The Kier molecular flexibility index (Phi) is 5.15. The maximum atomic E-state index is 2.63. The molecule has 0 N–H and O–H groups in total. The summed E-state index contributed by atoms with van der Waals surface area (Å²) in [6.07, 6.45) is 7.59.